The molecule has 3 N–H and O–H groups in total. The van der Waals surface area contributed by atoms with Gasteiger partial charge in [-0.3, -0.25) is 19.6 Å². The number of methoxy groups -OCH3 is 6. The SMILES string of the molecule is COC1=CC2(C)CC(c3ccc(COc4c(OC)c(OC)cc5c4-c4ccc(OC)c(=O)cc4C(NC(=O)OC(C)(C)C)CC5)cn3)C(N)c3cc(=O)c(OC)ccc3C2C(OCc2cccnc2)=C1OC. The zero-order chi connectivity index (χ0) is 51.5. The highest BCUT2D eigenvalue weighted by Gasteiger charge is 2.50. The highest BCUT2D eigenvalue weighted by molar-refractivity contribution is 5.83. The van der Waals surface area contributed by atoms with Crippen LogP contribution in [0.15, 0.2) is 118 Å². The van der Waals surface area contributed by atoms with Crippen molar-refractivity contribution < 1.29 is 47.4 Å². The Kier molecular flexibility index (Phi) is 14.8. The van der Waals surface area contributed by atoms with Gasteiger partial charge in [0.2, 0.25) is 16.6 Å². The third kappa shape index (κ3) is 10.1. The molecule has 1 amide bonds. The van der Waals surface area contributed by atoms with E-state index in [2.05, 4.69) is 23.3 Å². The van der Waals surface area contributed by atoms with E-state index >= 15 is 0 Å². The molecule has 0 spiro atoms. The Balaban J connectivity index is 1.18. The van der Waals surface area contributed by atoms with E-state index in [-0.39, 0.29) is 35.6 Å². The van der Waals surface area contributed by atoms with Crippen molar-refractivity contribution in [3.05, 3.63) is 168 Å². The molecule has 5 unspecified atom stereocenters. The number of benzene rings is 1. The van der Waals surface area contributed by atoms with E-state index < -0.39 is 41.0 Å². The number of aryl methyl sites for hydroxylation is 1. The first-order valence-corrected chi connectivity index (χ1v) is 23.7. The molecule has 0 aliphatic heterocycles. The van der Waals surface area contributed by atoms with Gasteiger partial charge in [0.15, 0.2) is 40.3 Å². The van der Waals surface area contributed by atoms with Crippen LogP contribution in [0, 0.1) is 5.41 Å². The van der Waals surface area contributed by atoms with Gasteiger partial charge in [-0.15, -0.1) is 0 Å². The molecule has 16 nitrogen and oxygen atoms in total. The summed E-state index contributed by atoms with van der Waals surface area (Å²) >= 11 is 0. The van der Waals surface area contributed by atoms with Crippen molar-refractivity contribution in [2.24, 2.45) is 11.1 Å². The van der Waals surface area contributed by atoms with Gasteiger partial charge in [-0.1, -0.05) is 31.2 Å². The number of ether oxygens (including phenoxy) is 9. The summed E-state index contributed by atoms with van der Waals surface area (Å²) in [6, 6.07) is 18.2. The Morgan fingerprint density at radius 1 is 0.764 bits per heavy atom. The second kappa shape index (κ2) is 21.0. The number of nitrogens with two attached hydrogens (primary N) is 1. The number of nitrogens with one attached hydrogen (secondary N) is 1. The zero-order valence-corrected chi connectivity index (χ0v) is 42.4. The van der Waals surface area contributed by atoms with E-state index in [0.717, 1.165) is 22.3 Å². The lowest BCUT2D eigenvalue weighted by Gasteiger charge is -2.41. The van der Waals surface area contributed by atoms with Crippen molar-refractivity contribution in [2.45, 2.75) is 89.7 Å². The standard InChI is InChI=1S/C56H62N4O12/c1-55(2,3)72-54(63)60-40-18-14-33-22-45(66-7)50(68-9)52(47(33)34-15-19-43(64-5)41(61)23-36(34)40)70-30-32-13-17-39(59-28-32)38-25-56(4)26-46(67-8)51(69-10)53(71-29-31-12-11-21-58-27-31)48(56)35-16-20-44(65-6)42(62)24-37(35)49(38)57/h11-13,15-17,19-24,26-28,38,40,48-49H,14,18,25,29-30,57H2,1-10H3,(H,60,63). The lowest BCUT2D eigenvalue weighted by Crippen LogP contribution is -2.35. The summed E-state index contributed by atoms with van der Waals surface area (Å²) < 4.78 is 54.1. The molecule has 5 aromatic rings. The molecule has 3 aromatic carbocycles. The highest BCUT2D eigenvalue weighted by atomic mass is 16.6. The second-order valence-corrected chi connectivity index (χ2v) is 19.2. The summed E-state index contributed by atoms with van der Waals surface area (Å²) in [7, 11) is 9.15. The Morgan fingerprint density at radius 2 is 1.46 bits per heavy atom. The monoisotopic (exact) mass is 982 g/mol. The van der Waals surface area contributed by atoms with Crippen LogP contribution in [0.5, 0.6) is 28.7 Å². The van der Waals surface area contributed by atoms with Gasteiger partial charge in [-0.25, -0.2) is 4.79 Å². The Morgan fingerprint density at radius 3 is 2.08 bits per heavy atom. The molecular weight excluding hydrogens is 921 g/mol. The largest absolute Gasteiger partial charge is 0.493 e. The lowest BCUT2D eigenvalue weighted by atomic mass is 9.66. The average Bonchev–Trinajstić information content (AvgIpc) is 3.73. The van der Waals surface area contributed by atoms with E-state index in [0.29, 0.717) is 81.7 Å². The quantitative estimate of drug-likeness (QED) is 0.107. The molecule has 0 fully saturated rings. The van der Waals surface area contributed by atoms with Gasteiger partial charge in [0.25, 0.3) is 0 Å². The number of amides is 1. The lowest BCUT2D eigenvalue weighted by molar-refractivity contribution is 0.0501. The van der Waals surface area contributed by atoms with Gasteiger partial charge < -0.3 is 53.7 Å². The second-order valence-electron chi connectivity index (χ2n) is 19.2. The minimum absolute atomic E-state index is 0.0456. The predicted molar refractivity (Wildman–Crippen MR) is 269 cm³/mol. The summed E-state index contributed by atoms with van der Waals surface area (Å²) in [4.78, 5) is 49.9. The minimum atomic E-state index is -0.750. The van der Waals surface area contributed by atoms with Crippen LogP contribution in [0.3, 0.4) is 0 Å². The molecule has 8 rings (SSSR count). The number of hydrogen-bond acceptors (Lipinski definition) is 15. The van der Waals surface area contributed by atoms with Crippen LogP contribution in [-0.4, -0.2) is 64.3 Å². The molecule has 2 heterocycles. The number of fused-ring (bicyclic) bond motifs is 6. The van der Waals surface area contributed by atoms with Gasteiger partial charge in [0.1, 0.15) is 18.8 Å². The van der Waals surface area contributed by atoms with Gasteiger partial charge in [0, 0.05) is 58.3 Å². The first kappa shape index (κ1) is 50.8. The third-order valence-electron chi connectivity index (χ3n) is 13.4. The smallest absolute Gasteiger partial charge is 0.408 e. The van der Waals surface area contributed by atoms with E-state index in [1.807, 2.05) is 36.4 Å². The fourth-order valence-corrected chi connectivity index (χ4v) is 10.2. The Bertz CT molecular complexity index is 3030. The first-order chi connectivity index (χ1) is 34.5. The molecule has 0 bridgehead atoms. The van der Waals surface area contributed by atoms with E-state index in [1.54, 1.807) is 85.0 Å². The van der Waals surface area contributed by atoms with Gasteiger partial charge in [-0.2, -0.15) is 0 Å². The van der Waals surface area contributed by atoms with Crippen LogP contribution in [0.2, 0.25) is 0 Å². The number of alkyl carbamates (subject to hydrolysis) is 1. The number of carbonyl (C=O) groups is 1. The number of rotatable bonds is 14. The summed E-state index contributed by atoms with van der Waals surface area (Å²) in [5, 5.41) is 3.01. The van der Waals surface area contributed by atoms with Crippen molar-refractivity contribution in [3.63, 3.8) is 0 Å². The highest BCUT2D eigenvalue weighted by Crippen LogP contribution is 2.58. The molecule has 72 heavy (non-hydrogen) atoms. The molecule has 5 atom stereocenters. The maximum Gasteiger partial charge on any atom is 0.408 e. The van der Waals surface area contributed by atoms with Crippen molar-refractivity contribution in [1.29, 1.82) is 0 Å². The topological polar surface area (TPSA) is 198 Å². The molecule has 378 valence electrons. The van der Waals surface area contributed by atoms with Crippen LogP contribution < -0.4 is 45.6 Å². The van der Waals surface area contributed by atoms with E-state index in [9.17, 15) is 14.4 Å². The van der Waals surface area contributed by atoms with Gasteiger partial charge >= 0.3 is 6.09 Å². The third-order valence-corrected chi connectivity index (χ3v) is 13.4. The van der Waals surface area contributed by atoms with Crippen molar-refractivity contribution >= 4 is 6.09 Å². The van der Waals surface area contributed by atoms with Gasteiger partial charge in [0.05, 0.1) is 54.6 Å². The molecule has 3 aliphatic carbocycles. The van der Waals surface area contributed by atoms with Crippen LogP contribution in [0.1, 0.15) is 104 Å². The normalized spacial score (nSPS) is 20.1. The van der Waals surface area contributed by atoms with Crippen LogP contribution in [-0.2, 0) is 38.6 Å². The minimum Gasteiger partial charge on any atom is -0.493 e. The van der Waals surface area contributed by atoms with Crippen LogP contribution in [0.25, 0.3) is 11.1 Å². The number of hydrogen-bond donors (Lipinski definition) is 2. The molecule has 3 aliphatic rings. The van der Waals surface area contributed by atoms with Crippen LogP contribution in [0.4, 0.5) is 4.79 Å². The van der Waals surface area contributed by atoms with E-state index in [1.165, 1.54) is 27.4 Å². The summed E-state index contributed by atoms with van der Waals surface area (Å²) in [6.07, 6.45) is 8.00. The first-order valence-electron chi connectivity index (χ1n) is 23.7. The number of allylic oxidation sites excluding steroid dienone is 2. The maximum absolute atomic E-state index is 13.8. The number of carbonyl (C=O) groups excluding carboxylic acids is 1. The van der Waals surface area contributed by atoms with E-state index in [4.69, 9.17) is 53.3 Å². The van der Waals surface area contributed by atoms with Gasteiger partial charge in [-0.05, 0) is 116 Å². The van der Waals surface area contributed by atoms with Crippen molar-refractivity contribution in [2.75, 3.05) is 42.7 Å². The summed E-state index contributed by atoms with van der Waals surface area (Å²) in [6.45, 7) is 7.74. The summed E-state index contributed by atoms with van der Waals surface area (Å²) in [5.74, 6) is 2.00. The molecule has 0 saturated carbocycles. The Hall–Kier alpha value is -7.59. The fourth-order valence-electron chi connectivity index (χ4n) is 10.2. The molecule has 2 aromatic heterocycles. The predicted octanol–water partition coefficient (Wildman–Crippen LogP) is 8.89. The Labute approximate surface area is 419 Å². The maximum atomic E-state index is 13.8. The molecular formula is C56H62N4O12. The average molecular weight is 983 g/mol. The molecule has 0 radical (unpaired) electrons. The van der Waals surface area contributed by atoms with Crippen molar-refractivity contribution in [1.82, 2.24) is 15.3 Å². The molecule has 0 saturated heterocycles. The van der Waals surface area contributed by atoms with Crippen molar-refractivity contribution in [3.8, 4) is 39.9 Å². The zero-order valence-electron chi connectivity index (χ0n) is 42.4. The van der Waals surface area contributed by atoms with Crippen LogP contribution >= 0.6 is 0 Å². The number of pyridine rings is 2. The fraction of sp³-hybridized carbons (Fsp3) is 0.375. The summed E-state index contributed by atoms with van der Waals surface area (Å²) in [5.41, 5.74) is 11.6. The number of nitrogens with zero attached hydrogens (tertiary/aromatic N) is 2. The number of aromatic nitrogens is 2. The molecule has 16 heteroatoms.